The summed E-state index contributed by atoms with van der Waals surface area (Å²) in [5.74, 6) is 1.97. The number of anilines is 1. The SMILES string of the molecule is C#CCn1ncc(Cl)c(NCCC(=O)OCC)c1=O. The van der Waals surface area contributed by atoms with Crippen LogP contribution in [0.5, 0.6) is 0 Å². The number of carbonyl (C=O) groups is 1. The van der Waals surface area contributed by atoms with Gasteiger partial charge in [-0.25, -0.2) is 4.68 Å². The normalized spacial score (nSPS) is 9.74. The van der Waals surface area contributed by atoms with Crippen LogP contribution in [0.15, 0.2) is 11.0 Å². The highest BCUT2D eigenvalue weighted by atomic mass is 35.5. The standard InChI is InChI=1S/C12H14ClN3O3/c1-3-7-16-12(18)11(9(13)8-15-16)14-6-5-10(17)19-4-2/h1,8,14H,4-7H2,2H3. The van der Waals surface area contributed by atoms with Gasteiger partial charge in [-0.15, -0.1) is 6.42 Å². The van der Waals surface area contributed by atoms with Crippen LogP contribution in [-0.4, -0.2) is 28.9 Å². The molecule has 6 nitrogen and oxygen atoms in total. The van der Waals surface area contributed by atoms with Crippen LogP contribution in [0, 0.1) is 12.3 Å². The third-order valence-corrected chi connectivity index (χ3v) is 2.46. The number of aromatic nitrogens is 2. The molecule has 0 fully saturated rings. The summed E-state index contributed by atoms with van der Waals surface area (Å²) in [5, 5.41) is 6.78. The molecule has 0 saturated carbocycles. The second-order valence-corrected chi connectivity index (χ2v) is 3.92. The lowest BCUT2D eigenvalue weighted by molar-refractivity contribution is -0.142. The molecule has 0 radical (unpaired) electrons. The molecule has 7 heteroatoms. The molecule has 1 N–H and O–H groups in total. The van der Waals surface area contributed by atoms with Crippen LogP contribution in [-0.2, 0) is 16.1 Å². The third kappa shape index (κ3) is 4.30. The predicted octanol–water partition coefficient (Wildman–Crippen LogP) is 0.895. The van der Waals surface area contributed by atoms with E-state index >= 15 is 0 Å². The van der Waals surface area contributed by atoms with Gasteiger partial charge in [0.05, 0.1) is 24.2 Å². The monoisotopic (exact) mass is 283 g/mol. The van der Waals surface area contributed by atoms with Crippen molar-refractivity contribution in [2.24, 2.45) is 0 Å². The number of nitrogens with one attached hydrogen (secondary N) is 1. The molecule has 1 aromatic rings. The van der Waals surface area contributed by atoms with Crippen LogP contribution in [0.4, 0.5) is 5.69 Å². The molecule has 102 valence electrons. The van der Waals surface area contributed by atoms with Crippen LogP contribution in [0.2, 0.25) is 5.02 Å². The van der Waals surface area contributed by atoms with Gasteiger partial charge >= 0.3 is 5.97 Å². The molecule has 19 heavy (non-hydrogen) atoms. The number of halogens is 1. The van der Waals surface area contributed by atoms with Gasteiger partial charge in [0, 0.05) is 6.54 Å². The summed E-state index contributed by atoms with van der Waals surface area (Å²) < 4.78 is 5.88. The lowest BCUT2D eigenvalue weighted by atomic mass is 10.4. The number of terminal acetylenes is 1. The number of esters is 1. The summed E-state index contributed by atoms with van der Waals surface area (Å²) in [5.41, 5.74) is -0.245. The minimum absolute atomic E-state index is 0.0581. The topological polar surface area (TPSA) is 73.2 Å². The second kappa shape index (κ2) is 7.44. The second-order valence-electron chi connectivity index (χ2n) is 3.52. The van der Waals surface area contributed by atoms with Crippen molar-refractivity contribution in [3.8, 4) is 12.3 Å². The van der Waals surface area contributed by atoms with Crippen molar-refractivity contribution >= 4 is 23.3 Å². The highest BCUT2D eigenvalue weighted by Gasteiger charge is 2.10. The van der Waals surface area contributed by atoms with Crippen molar-refractivity contribution in [1.82, 2.24) is 9.78 Å². The van der Waals surface area contributed by atoms with Gasteiger partial charge < -0.3 is 10.1 Å². The maximum atomic E-state index is 11.9. The number of rotatable bonds is 6. The van der Waals surface area contributed by atoms with E-state index in [1.807, 2.05) is 0 Å². The molecular formula is C12H14ClN3O3. The van der Waals surface area contributed by atoms with Crippen molar-refractivity contribution in [1.29, 1.82) is 0 Å². The maximum Gasteiger partial charge on any atom is 0.307 e. The lowest BCUT2D eigenvalue weighted by Gasteiger charge is -2.09. The van der Waals surface area contributed by atoms with Gasteiger partial charge in [0.2, 0.25) is 0 Å². The molecule has 0 atom stereocenters. The van der Waals surface area contributed by atoms with Crippen LogP contribution in [0.25, 0.3) is 0 Å². The Morgan fingerprint density at radius 3 is 3.05 bits per heavy atom. The zero-order chi connectivity index (χ0) is 14.3. The van der Waals surface area contributed by atoms with Gasteiger partial charge in [0.25, 0.3) is 5.56 Å². The highest BCUT2D eigenvalue weighted by Crippen LogP contribution is 2.14. The quantitative estimate of drug-likeness (QED) is 0.620. The molecule has 0 saturated heterocycles. The summed E-state index contributed by atoms with van der Waals surface area (Å²) in [6, 6.07) is 0. The fraction of sp³-hybridized carbons (Fsp3) is 0.417. The van der Waals surface area contributed by atoms with E-state index in [2.05, 4.69) is 16.3 Å². The maximum absolute atomic E-state index is 11.9. The van der Waals surface area contributed by atoms with Crippen molar-refractivity contribution in [3.63, 3.8) is 0 Å². The van der Waals surface area contributed by atoms with E-state index in [1.165, 1.54) is 6.20 Å². The van der Waals surface area contributed by atoms with Crippen molar-refractivity contribution in [2.75, 3.05) is 18.5 Å². The Morgan fingerprint density at radius 2 is 2.42 bits per heavy atom. The van der Waals surface area contributed by atoms with Gasteiger partial charge in [-0.05, 0) is 6.92 Å². The van der Waals surface area contributed by atoms with Crippen LogP contribution in [0.3, 0.4) is 0 Å². The molecule has 0 aliphatic heterocycles. The summed E-state index contributed by atoms with van der Waals surface area (Å²) in [7, 11) is 0. The summed E-state index contributed by atoms with van der Waals surface area (Å²) in [6.45, 7) is 2.35. The first kappa shape index (κ1) is 15.1. The van der Waals surface area contributed by atoms with E-state index in [-0.39, 0.29) is 36.2 Å². The van der Waals surface area contributed by atoms with E-state index in [0.717, 1.165) is 4.68 Å². The zero-order valence-corrected chi connectivity index (χ0v) is 11.2. The van der Waals surface area contributed by atoms with Crippen molar-refractivity contribution < 1.29 is 9.53 Å². The number of carbonyl (C=O) groups excluding carboxylic acids is 1. The zero-order valence-electron chi connectivity index (χ0n) is 10.5. The van der Waals surface area contributed by atoms with Crippen LogP contribution in [0.1, 0.15) is 13.3 Å². The summed E-state index contributed by atoms with van der Waals surface area (Å²) >= 11 is 5.87. The van der Waals surface area contributed by atoms with E-state index in [1.54, 1.807) is 6.92 Å². The number of ether oxygens (including phenoxy) is 1. The van der Waals surface area contributed by atoms with E-state index in [4.69, 9.17) is 22.8 Å². The minimum atomic E-state index is -0.422. The molecular weight excluding hydrogens is 270 g/mol. The molecule has 0 unspecified atom stereocenters. The third-order valence-electron chi connectivity index (χ3n) is 2.17. The Balaban J connectivity index is 2.73. The Kier molecular flexibility index (Phi) is 5.90. The summed E-state index contributed by atoms with van der Waals surface area (Å²) in [6.07, 6.45) is 6.59. The first-order valence-electron chi connectivity index (χ1n) is 5.68. The fourth-order valence-corrected chi connectivity index (χ4v) is 1.54. The predicted molar refractivity (Wildman–Crippen MR) is 72.1 cm³/mol. The smallest absolute Gasteiger partial charge is 0.307 e. The summed E-state index contributed by atoms with van der Waals surface area (Å²) in [4.78, 5) is 23.1. The van der Waals surface area contributed by atoms with Gasteiger partial charge in [-0.1, -0.05) is 17.5 Å². The first-order valence-corrected chi connectivity index (χ1v) is 6.06. The molecule has 0 aliphatic rings. The molecule has 0 spiro atoms. The molecule has 1 heterocycles. The van der Waals surface area contributed by atoms with Gasteiger partial charge in [0.15, 0.2) is 0 Å². The average molecular weight is 284 g/mol. The largest absolute Gasteiger partial charge is 0.466 e. The molecule has 1 aromatic heterocycles. The highest BCUT2D eigenvalue weighted by molar-refractivity contribution is 6.33. The van der Waals surface area contributed by atoms with Gasteiger partial charge in [-0.2, -0.15) is 5.10 Å². The number of nitrogens with zero attached hydrogens (tertiary/aromatic N) is 2. The van der Waals surface area contributed by atoms with Crippen molar-refractivity contribution in [3.05, 3.63) is 21.6 Å². The Labute approximate surface area is 115 Å². The first-order chi connectivity index (χ1) is 9.10. The Bertz CT molecular complexity index is 548. The fourth-order valence-electron chi connectivity index (χ4n) is 1.35. The van der Waals surface area contributed by atoms with Crippen molar-refractivity contribution in [2.45, 2.75) is 19.9 Å². The Morgan fingerprint density at radius 1 is 1.68 bits per heavy atom. The van der Waals surface area contributed by atoms with E-state index < -0.39 is 5.56 Å². The lowest BCUT2D eigenvalue weighted by Crippen LogP contribution is -2.26. The van der Waals surface area contributed by atoms with E-state index in [0.29, 0.717) is 6.61 Å². The molecule has 0 amide bonds. The van der Waals surface area contributed by atoms with Crippen LogP contribution >= 0.6 is 11.6 Å². The van der Waals surface area contributed by atoms with E-state index in [9.17, 15) is 9.59 Å². The minimum Gasteiger partial charge on any atom is -0.466 e. The Hall–Kier alpha value is -2.00. The molecule has 0 bridgehead atoms. The van der Waals surface area contributed by atoms with Gasteiger partial charge in [-0.3, -0.25) is 9.59 Å². The average Bonchev–Trinajstić information content (AvgIpc) is 2.37. The van der Waals surface area contributed by atoms with Crippen LogP contribution < -0.4 is 10.9 Å². The van der Waals surface area contributed by atoms with Gasteiger partial charge in [0.1, 0.15) is 12.2 Å². The number of hydrogen-bond donors (Lipinski definition) is 1. The molecule has 0 aliphatic carbocycles. The molecule has 1 rings (SSSR count). The number of hydrogen-bond acceptors (Lipinski definition) is 5. The molecule has 0 aromatic carbocycles.